The molecule has 2 nitrogen and oxygen atoms in total. The third kappa shape index (κ3) is 1.95. The highest BCUT2D eigenvalue weighted by Crippen LogP contribution is 2.18. The van der Waals surface area contributed by atoms with E-state index in [4.69, 9.17) is 9.47 Å². The maximum atomic E-state index is 5.41. The molecule has 0 aliphatic carbocycles. The van der Waals surface area contributed by atoms with Gasteiger partial charge in [0, 0.05) is 7.11 Å². The largest absolute Gasteiger partial charge is 0.356 e. The van der Waals surface area contributed by atoms with Crippen molar-refractivity contribution in [3.8, 4) is 0 Å². The van der Waals surface area contributed by atoms with Gasteiger partial charge in [0.15, 0.2) is 6.29 Å². The van der Waals surface area contributed by atoms with Crippen LogP contribution in [0.4, 0.5) is 0 Å². The Kier molecular flexibility index (Phi) is 2.49. The lowest BCUT2D eigenvalue weighted by molar-refractivity contribution is -0.174. The fraction of sp³-hybridized carbons (Fsp3) is 1.00. The van der Waals surface area contributed by atoms with Crippen LogP contribution in [-0.2, 0) is 9.47 Å². The molecule has 1 heterocycles. The third-order valence-electron chi connectivity index (χ3n) is 1.70. The van der Waals surface area contributed by atoms with Gasteiger partial charge in [0.2, 0.25) is 0 Å². The fourth-order valence-corrected chi connectivity index (χ4v) is 1.14. The van der Waals surface area contributed by atoms with Crippen LogP contribution < -0.4 is 0 Å². The Morgan fingerprint density at radius 3 is 2.67 bits per heavy atom. The van der Waals surface area contributed by atoms with E-state index in [0.717, 1.165) is 6.42 Å². The summed E-state index contributed by atoms with van der Waals surface area (Å²) >= 11 is 0. The summed E-state index contributed by atoms with van der Waals surface area (Å²) in [5, 5.41) is 0. The van der Waals surface area contributed by atoms with Gasteiger partial charge in [0.25, 0.3) is 0 Å². The molecule has 0 aromatic heterocycles. The zero-order valence-electron chi connectivity index (χ0n) is 6.09. The van der Waals surface area contributed by atoms with Gasteiger partial charge in [-0.2, -0.15) is 0 Å². The minimum atomic E-state index is 0.0637. The highest BCUT2D eigenvalue weighted by Gasteiger charge is 2.17. The molecule has 2 atom stereocenters. The summed E-state index contributed by atoms with van der Waals surface area (Å²) in [6, 6.07) is 0. The van der Waals surface area contributed by atoms with Crippen LogP contribution in [0.3, 0.4) is 0 Å². The van der Waals surface area contributed by atoms with Gasteiger partial charge >= 0.3 is 0 Å². The predicted octanol–water partition coefficient (Wildman–Crippen LogP) is 1.55. The van der Waals surface area contributed by atoms with E-state index >= 15 is 0 Å². The van der Waals surface area contributed by atoms with Gasteiger partial charge in [-0.1, -0.05) is 0 Å². The summed E-state index contributed by atoms with van der Waals surface area (Å²) in [4.78, 5) is 0. The van der Waals surface area contributed by atoms with E-state index in [1.807, 2.05) is 0 Å². The Morgan fingerprint density at radius 2 is 2.22 bits per heavy atom. The van der Waals surface area contributed by atoms with Gasteiger partial charge in [0.05, 0.1) is 6.10 Å². The first-order chi connectivity index (χ1) is 4.33. The molecule has 0 amide bonds. The van der Waals surface area contributed by atoms with Crippen molar-refractivity contribution in [2.45, 2.75) is 38.6 Å². The van der Waals surface area contributed by atoms with Crippen molar-refractivity contribution in [1.82, 2.24) is 0 Å². The Morgan fingerprint density at radius 1 is 1.44 bits per heavy atom. The number of rotatable bonds is 1. The molecule has 1 unspecified atom stereocenters. The first-order valence-corrected chi connectivity index (χ1v) is 3.51. The van der Waals surface area contributed by atoms with Crippen molar-refractivity contribution in [3.63, 3.8) is 0 Å². The van der Waals surface area contributed by atoms with E-state index in [0.29, 0.717) is 6.10 Å². The number of ether oxygens (including phenoxy) is 2. The Hall–Kier alpha value is -0.0800. The summed E-state index contributed by atoms with van der Waals surface area (Å²) in [6.45, 7) is 2.09. The van der Waals surface area contributed by atoms with Crippen molar-refractivity contribution in [3.05, 3.63) is 0 Å². The summed E-state index contributed by atoms with van der Waals surface area (Å²) in [5.74, 6) is 0. The summed E-state index contributed by atoms with van der Waals surface area (Å²) < 4.78 is 10.5. The van der Waals surface area contributed by atoms with E-state index in [2.05, 4.69) is 6.92 Å². The molecule has 1 rings (SSSR count). The van der Waals surface area contributed by atoms with Gasteiger partial charge in [-0.15, -0.1) is 0 Å². The molecule has 0 bridgehead atoms. The van der Waals surface area contributed by atoms with Gasteiger partial charge in [-0.05, 0) is 26.2 Å². The summed E-state index contributed by atoms with van der Waals surface area (Å²) in [7, 11) is 1.70. The van der Waals surface area contributed by atoms with Crippen LogP contribution in [0.2, 0.25) is 0 Å². The fourth-order valence-electron chi connectivity index (χ4n) is 1.14. The molecule has 0 aromatic rings. The topological polar surface area (TPSA) is 18.5 Å². The molecule has 1 aliphatic rings. The van der Waals surface area contributed by atoms with Crippen molar-refractivity contribution in [2.24, 2.45) is 0 Å². The molecule has 0 aromatic carbocycles. The molecular weight excluding hydrogens is 116 g/mol. The molecule has 9 heavy (non-hydrogen) atoms. The minimum Gasteiger partial charge on any atom is -0.356 e. The Balaban J connectivity index is 2.23. The van der Waals surface area contributed by atoms with Gasteiger partial charge in [0.1, 0.15) is 0 Å². The lowest BCUT2D eigenvalue weighted by Gasteiger charge is -2.26. The molecule has 54 valence electrons. The van der Waals surface area contributed by atoms with Crippen molar-refractivity contribution in [1.29, 1.82) is 0 Å². The maximum Gasteiger partial charge on any atom is 0.157 e. The molecule has 0 N–H and O–H groups in total. The monoisotopic (exact) mass is 130 g/mol. The smallest absolute Gasteiger partial charge is 0.157 e. The van der Waals surface area contributed by atoms with Crippen molar-refractivity contribution >= 4 is 0 Å². The number of methoxy groups -OCH3 is 1. The van der Waals surface area contributed by atoms with Crippen LogP contribution in [0, 0.1) is 0 Å². The number of hydrogen-bond acceptors (Lipinski definition) is 2. The van der Waals surface area contributed by atoms with Crippen LogP contribution in [0.15, 0.2) is 0 Å². The quantitative estimate of drug-likeness (QED) is 0.536. The Labute approximate surface area is 56.2 Å². The van der Waals surface area contributed by atoms with E-state index in [1.165, 1.54) is 12.8 Å². The van der Waals surface area contributed by atoms with Gasteiger partial charge in [-0.3, -0.25) is 0 Å². The molecule has 0 radical (unpaired) electrons. The average Bonchev–Trinajstić information content (AvgIpc) is 1.88. The minimum absolute atomic E-state index is 0.0637. The SMILES string of the molecule is COC1CCC[C@@H](C)O1. The third-order valence-corrected chi connectivity index (χ3v) is 1.70. The molecule has 0 saturated carbocycles. The van der Waals surface area contributed by atoms with Crippen molar-refractivity contribution in [2.75, 3.05) is 7.11 Å². The summed E-state index contributed by atoms with van der Waals surface area (Å²) in [6.07, 6.45) is 3.93. The second-order valence-electron chi connectivity index (χ2n) is 2.54. The van der Waals surface area contributed by atoms with Crippen LogP contribution in [0.1, 0.15) is 26.2 Å². The Bertz CT molecular complexity index is 83.0. The van der Waals surface area contributed by atoms with Crippen molar-refractivity contribution < 1.29 is 9.47 Å². The summed E-state index contributed by atoms with van der Waals surface area (Å²) in [5.41, 5.74) is 0. The predicted molar refractivity (Wildman–Crippen MR) is 35.2 cm³/mol. The highest BCUT2D eigenvalue weighted by molar-refractivity contribution is 4.60. The number of hydrogen-bond donors (Lipinski definition) is 0. The average molecular weight is 130 g/mol. The van der Waals surface area contributed by atoms with Gasteiger partial charge < -0.3 is 9.47 Å². The second-order valence-corrected chi connectivity index (χ2v) is 2.54. The molecule has 0 spiro atoms. The normalized spacial score (nSPS) is 36.7. The highest BCUT2D eigenvalue weighted by atomic mass is 16.7. The molecule has 1 saturated heterocycles. The van der Waals surface area contributed by atoms with Crippen LogP contribution in [0.5, 0.6) is 0 Å². The standard InChI is InChI=1S/C7H14O2/c1-6-4-3-5-7(8-2)9-6/h6-7H,3-5H2,1-2H3/t6-,7?/m1/s1. The van der Waals surface area contributed by atoms with E-state index in [1.54, 1.807) is 7.11 Å². The lowest BCUT2D eigenvalue weighted by atomic mass is 10.1. The lowest BCUT2D eigenvalue weighted by Crippen LogP contribution is -2.26. The first kappa shape index (κ1) is 7.03. The maximum absolute atomic E-state index is 5.41. The molecular formula is C7H14O2. The van der Waals surface area contributed by atoms with E-state index in [-0.39, 0.29) is 6.29 Å². The molecule has 1 fully saturated rings. The zero-order valence-corrected chi connectivity index (χ0v) is 6.09. The van der Waals surface area contributed by atoms with E-state index in [9.17, 15) is 0 Å². The second kappa shape index (κ2) is 3.18. The van der Waals surface area contributed by atoms with Crippen LogP contribution in [-0.4, -0.2) is 19.5 Å². The first-order valence-electron chi connectivity index (χ1n) is 3.51. The van der Waals surface area contributed by atoms with Crippen LogP contribution >= 0.6 is 0 Å². The van der Waals surface area contributed by atoms with Crippen LogP contribution in [0.25, 0.3) is 0 Å². The van der Waals surface area contributed by atoms with Gasteiger partial charge in [-0.25, -0.2) is 0 Å². The zero-order chi connectivity index (χ0) is 6.69. The van der Waals surface area contributed by atoms with E-state index < -0.39 is 0 Å². The molecule has 2 heteroatoms. The molecule has 1 aliphatic heterocycles.